The minimum atomic E-state index is -3.36. The van der Waals surface area contributed by atoms with Crippen molar-refractivity contribution in [3.8, 4) is 0 Å². The van der Waals surface area contributed by atoms with Crippen LogP contribution < -0.4 is 0 Å². The molecule has 0 fully saturated rings. The number of alkyl halides is 1. The van der Waals surface area contributed by atoms with Crippen LogP contribution in [0.5, 0.6) is 0 Å². The zero-order valence-electron chi connectivity index (χ0n) is 11.4. The van der Waals surface area contributed by atoms with Crippen LogP contribution in [0, 0.1) is 0 Å². The minimum Gasteiger partial charge on any atom is -0.212 e. The normalized spacial score (nSPS) is 12.0. The number of halogens is 2. The number of hydrogen-bond acceptors (Lipinski definition) is 3. The lowest BCUT2D eigenvalue weighted by Crippen LogP contribution is -2.27. The molecular formula is C14H15Cl2NO2S2. The van der Waals surface area contributed by atoms with Crippen molar-refractivity contribution in [2.24, 2.45) is 0 Å². The van der Waals surface area contributed by atoms with Gasteiger partial charge in [-0.2, -0.15) is 4.31 Å². The highest BCUT2D eigenvalue weighted by molar-refractivity contribution is 7.88. The minimum absolute atomic E-state index is 0.0226. The summed E-state index contributed by atoms with van der Waals surface area (Å²) >= 11 is 13.0. The van der Waals surface area contributed by atoms with Crippen molar-refractivity contribution in [1.29, 1.82) is 0 Å². The summed E-state index contributed by atoms with van der Waals surface area (Å²) in [6, 6.07) is 10.9. The Hall–Kier alpha value is -0.590. The standard InChI is InChI=1S/C14H15Cl2NO2S2/c1-17(9-13-6-7-14(16)20-13)21(18,19)10-12-4-2-11(8-15)3-5-12/h2-7H,8-10H2,1H3. The fourth-order valence-corrected chi connectivity index (χ4v) is 4.37. The van der Waals surface area contributed by atoms with Crippen molar-refractivity contribution >= 4 is 44.6 Å². The van der Waals surface area contributed by atoms with Crippen LogP contribution in [0.3, 0.4) is 0 Å². The average Bonchev–Trinajstić information content (AvgIpc) is 2.84. The molecule has 0 N–H and O–H groups in total. The molecule has 0 unspecified atom stereocenters. The van der Waals surface area contributed by atoms with Crippen LogP contribution >= 0.6 is 34.5 Å². The monoisotopic (exact) mass is 363 g/mol. The number of sulfonamides is 1. The number of thiophene rings is 1. The lowest BCUT2D eigenvalue weighted by Gasteiger charge is -2.16. The van der Waals surface area contributed by atoms with E-state index in [9.17, 15) is 8.42 Å². The van der Waals surface area contributed by atoms with Crippen molar-refractivity contribution in [3.05, 3.63) is 56.7 Å². The van der Waals surface area contributed by atoms with Gasteiger partial charge >= 0.3 is 0 Å². The van der Waals surface area contributed by atoms with Gasteiger partial charge in [0, 0.05) is 24.3 Å². The second-order valence-corrected chi connectivity index (χ2v) is 8.81. The number of benzene rings is 1. The summed E-state index contributed by atoms with van der Waals surface area (Å²) in [5, 5.41) is 0. The lowest BCUT2D eigenvalue weighted by atomic mass is 10.2. The highest BCUT2D eigenvalue weighted by Gasteiger charge is 2.19. The zero-order valence-corrected chi connectivity index (χ0v) is 14.6. The molecule has 0 aliphatic carbocycles. The molecule has 0 aliphatic rings. The molecule has 0 amide bonds. The third kappa shape index (κ3) is 4.69. The molecule has 0 saturated carbocycles. The Morgan fingerprint density at radius 3 is 2.24 bits per heavy atom. The summed E-state index contributed by atoms with van der Waals surface area (Å²) in [4.78, 5) is 0.920. The Kier molecular flexibility index (Phi) is 5.68. The SMILES string of the molecule is CN(Cc1ccc(Cl)s1)S(=O)(=O)Cc1ccc(CCl)cc1. The van der Waals surface area contributed by atoms with Gasteiger partial charge in [0.2, 0.25) is 10.0 Å². The first-order valence-electron chi connectivity index (χ1n) is 6.23. The predicted molar refractivity (Wildman–Crippen MR) is 89.4 cm³/mol. The van der Waals surface area contributed by atoms with Gasteiger partial charge in [0.05, 0.1) is 10.1 Å². The second-order valence-electron chi connectivity index (χ2n) is 4.67. The van der Waals surface area contributed by atoms with Crippen LogP contribution in [0.15, 0.2) is 36.4 Å². The van der Waals surface area contributed by atoms with E-state index in [4.69, 9.17) is 23.2 Å². The molecule has 0 aliphatic heterocycles. The molecule has 3 nitrogen and oxygen atoms in total. The maximum atomic E-state index is 12.3. The molecule has 21 heavy (non-hydrogen) atoms. The summed E-state index contributed by atoms with van der Waals surface area (Å²) in [6.07, 6.45) is 0. The summed E-state index contributed by atoms with van der Waals surface area (Å²) in [5.41, 5.74) is 1.72. The van der Waals surface area contributed by atoms with Gasteiger partial charge in [0.1, 0.15) is 0 Å². The van der Waals surface area contributed by atoms with Gasteiger partial charge in [-0.15, -0.1) is 22.9 Å². The molecule has 0 atom stereocenters. The van der Waals surface area contributed by atoms with Gasteiger partial charge in [-0.05, 0) is 23.3 Å². The topological polar surface area (TPSA) is 37.4 Å². The quantitative estimate of drug-likeness (QED) is 0.724. The van der Waals surface area contributed by atoms with E-state index in [1.54, 1.807) is 25.2 Å². The van der Waals surface area contributed by atoms with Crippen LogP contribution in [-0.4, -0.2) is 19.8 Å². The van der Waals surface area contributed by atoms with Gasteiger partial charge in [-0.25, -0.2) is 8.42 Å². The van der Waals surface area contributed by atoms with Crippen molar-refractivity contribution in [2.45, 2.75) is 18.2 Å². The molecule has 0 saturated heterocycles. The fourth-order valence-electron chi connectivity index (χ4n) is 1.80. The van der Waals surface area contributed by atoms with E-state index in [0.717, 1.165) is 16.0 Å². The van der Waals surface area contributed by atoms with Gasteiger partial charge in [-0.1, -0.05) is 35.9 Å². The van der Waals surface area contributed by atoms with E-state index < -0.39 is 10.0 Å². The van der Waals surface area contributed by atoms with Crippen molar-refractivity contribution in [3.63, 3.8) is 0 Å². The maximum Gasteiger partial charge on any atom is 0.218 e. The Labute approximate surface area is 139 Å². The molecule has 1 heterocycles. The molecule has 0 bridgehead atoms. The van der Waals surface area contributed by atoms with Crippen LogP contribution in [0.25, 0.3) is 0 Å². The summed E-state index contributed by atoms with van der Waals surface area (Å²) in [7, 11) is -1.78. The first kappa shape index (κ1) is 16.8. The van der Waals surface area contributed by atoms with E-state index in [0.29, 0.717) is 16.8 Å². The zero-order chi connectivity index (χ0) is 15.5. The number of nitrogens with zero attached hydrogens (tertiary/aromatic N) is 1. The molecule has 1 aromatic heterocycles. The first-order chi connectivity index (χ1) is 9.90. The van der Waals surface area contributed by atoms with Crippen LogP contribution in [0.4, 0.5) is 0 Å². The van der Waals surface area contributed by atoms with E-state index in [1.807, 2.05) is 18.2 Å². The third-order valence-electron chi connectivity index (χ3n) is 3.01. The Bertz CT molecular complexity index is 696. The van der Waals surface area contributed by atoms with E-state index >= 15 is 0 Å². The fraction of sp³-hybridized carbons (Fsp3) is 0.286. The lowest BCUT2D eigenvalue weighted by molar-refractivity contribution is 0.469. The number of rotatable bonds is 6. The Morgan fingerprint density at radius 2 is 1.71 bits per heavy atom. The predicted octanol–water partition coefficient (Wildman–Crippen LogP) is 4.10. The second kappa shape index (κ2) is 7.11. The van der Waals surface area contributed by atoms with Gasteiger partial charge < -0.3 is 0 Å². The van der Waals surface area contributed by atoms with Crippen molar-refractivity contribution in [2.75, 3.05) is 7.05 Å². The molecule has 2 rings (SSSR count). The highest BCUT2D eigenvalue weighted by atomic mass is 35.5. The largest absolute Gasteiger partial charge is 0.218 e. The summed E-state index contributed by atoms with van der Waals surface area (Å²) in [6.45, 7) is 0.333. The average molecular weight is 364 g/mol. The highest BCUT2D eigenvalue weighted by Crippen LogP contribution is 2.23. The first-order valence-corrected chi connectivity index (χ1v) is 9.56. The van der Waals surface area contributed by atoms with Gasteiger partial charge in [0.25, 0.3) is 0 Å². The summed E-state index contributed by atoms with van der Waals surface area (Å²) in [5.74, 6) is 0.400. The van der Waals surface area contributed by atoms with E-state index in [1.165, 1.54) is 15.6 Å². The van der Waals surface area contributed by atoms with E-state index in [-0.39, 0.29) is 5.75 Å². The van der Waals surface area contributed by atoms with Crippen LogP contribution in [0.2, 0.25) is 4.34 Å². The summed E-state index contributed by atoms with van der Waals surface area (Å²) < 4.78 is 26.7. The Morgan fingerprint density at radius 1 is 1.10 bits per heavy atom. The van der Waals surface area contributed by atoms with E-state index in [2.05, 4.69) is 0 Å². The third-order valence-corrected chi connectivity index (χ3v) is 6.31. The number of hydrogen-bond donors (Lipinski definition) is 0. The molecule has 114 valence electrons. The molecular weight excluding hydrogens is 349 g/mol. The smallest absolute Gasteiger partial charge is 0.212 e. The molecule has 7 heteroatoms. The van der Waals surface area contributed by atoms with Gasteiger partial charge in [0.15, 0.2) is 0 Å². The molecule has 0 radical (unpaired) electrons. The van der Waals surface area contributed by atoms with Crippen LogP contribution in [0.1, 0.15) is 16.0 Å². The molecule has 2 aromatic rings. The van der Waals surface area contributed by atoms with Gasteiger partial charge in [-0.3, -0.25) is 0 Å². The van der Waals surface area contributed by atoms with Crippen LogP contribution in [-0.2, 0) is 28.2 Å². The maximum absolute atomic E-state index is 12.3. The molecule has 0 spiro atoms. The Balaban J connectivity index is 2.05. The van der Waals surface area contributed by atoms with Crippen molar-refractivity contribution in [1.82, 2.24) is 4.31 Å². The molecule has 1 aromatic carbocycles. The van der Waals surface area contributed by atoms with Crippen molar-refractivity contribution < 1.29 is 8.42 Å².